The summed E-state index contributed by atoms with van der Waals surface area (Å²) in [5.41, 5.74) is 1.89. The van der Waals surface area contributed by atoms with E-state index >= 15 is 0 Å². The van der Waals surface area contributed by atoms with Crippen LogP contribution >= 0.6 is 0 Å². The molecule has 1 heterocycles. The highest BCUT2D eigenvalue weighted by Crippen LogP contribution is 2.33. The summed E-state index contributed by atoms with van der Waals surface area (Å²) in [7, 11) is 0. The molecule has 0 fully saturated rings. The lowest BCUT2D eigenvalue weighted by Crippen LogP contribution is -2.44. The predicted octanol–water partition coefficient (Wildman–Crippen LogP) is 3.71. The summed E-state index contributed by atoms with van der Waals surface area (Å²) in [6.45, 7) is 2.59. The van der Waals surface area contributed by atoms with Gasteiger partial charge in [-0.2, -0.15) is 13.2 Å². The zero-order valence-corrected chi connectivity index (χ0v) is 15.2. The summed E-state index contributed by atoms with van der Waals surface area (Å²) < 4.78 is 38.6. The lowest BCUT2D eigenvalue weighted by molar-refractivity contribution is -0.162. The number of halogens is 3. The Hall–Kier alpha value is -2.05. The van der Waals surface area contributed by atoms with Crippen molar-refractivity contribution in [3.63, 3.8) is 0 Å². The van der Waals surface area contributed by atoms with Crippen molar-refractivity contribution in [2.75, 3.05) is 19.6 Å². The number of carbonyl (C=O) groups is 2. The molecule has 1 atom stereocenters. The van der Waals surface area contributed by atoms with Gasteiger partial charge in [-0.1, -0.05) is 37.6 Å². The molecule has 2 amide bonds. The number of benzene rings is 1. The van der Waals surface area contributed by atoms with Crippen LogP contribution in [-0.4, -0.2) is 47.4 Å². The van der Waals surface area contributed by atoms with Crippen LogP contribution in [0.1, 0.15) is 50.3 Å². The SMILES string of the molecule is CCCCN(CC(F)(F)F)C(=O)C[C@H]1c2ccccc2CCN1C(C)=O. The molecular weight excluding hydrogens is 345 g/mol. The van der Waals surface area contributed by atoms with E-state index in [-0.39, 0.29) is 18.9 Å². The first-order chi connectivity index (χ1) is 12.2. The van der Waals surface area contributed by atoms with Gasteiger partial charge in [0.15, 0.2) is 0 Å². The fourth-order valence-electron chi connectivity index (χ4n) is 3.40. The number of amides is 2. The van der Waals surface area contributed by atoms with Gasteiger partial charge in [0.05, 0.1) is 12.5 Å². The third kappa shape index (κ3) is 5.22. The minimum atomic E-state index is -4.44. The van der Waals surface area contributed by atoms with Crippen LogP contribution in [-0.2, 0) is 16.0 Å². The van der Waals surface area contributed by atoms with E-state index in [1.807, 2.05) is 31.2 Å². The summed E-state index contributed by atoms with van der Waals surface area (Å²) in [6, 6.07) is 6.99. The predicted molar refractivity (Wildman–Crippen MR) is 92.4 cm³/mol. The molecule has 0 saturated heterocycles. The number of unbranched alkanes of at least 4 members (excludes halogenated alkanes) is 1. The molecule has 0 aromatic heterocycles. The molecule has 0 unspecified atom stereocenters. The maximum absolute atomic E-state index is 12.9. The van der Waals surface area contributed by atoms with Crippen LogP contribution in [0.25, 0.3) is 0 Å². The van der Waals surface area contributed by atoms with E-state index in [9.17, 15) is 22.8 Å². The lowest BCUT2D eigenvalue weighted by Gasteiger charge is -2.37. The fourth-order valence-corrected chi connectivity index (χ4v) is 3.40. The van der Waals surface area contributed by atoms with E-state index in [0.717, 1.165) is 16.0 Å². The van der Waals surface area contributed by atoms with Crippen molar-refractivity contribution in [3.8, 4) is 0 Å². The molecular formula is C19H25F3N2O2. The van der Waals surface area contributed by atoms with Crippen molar-refractivity contribution in [3.05, 3.63) is 35.4 Å². The molecule has 1 aliphatic rings. The van der Waals surface area contributed by atoms with Gasteiger partial charge >= 0.3 is 6.18 Å². The standard InChI is InChI=1S/C19H25F3N2O2/c1-3-4-10-23(13-19(20,21)22)18(26)12-17-16-8-6-5-7-15(16)9-11-24(17)14(2)25/h5-8,17H,3-4,9-13H2,1-2H3/t17-/m0/s1. The number of hydrogen-bond donors (Lipinski definition) is 0. The fraction of sp³-hybridized carbons (Fsp3) is 0.579. The second kappa shape index (κ2) is 8.56. The Kier molecular flexibility index (Phi) is 6.67. The third-order valence-corrected chi connectivity index (χ3v) is 4.69. The summed E-state index contributed by atoms with van der Waals surface area (Å²) >= 11 is 0. The van der Waals surface area contributed by atoms with Crippen molar-refractivity contribution in [2.24, 2.45) is 0 Å². The summed E-state index contributed by atoms with van der Waals surface area (Å²) in [6.07, 6.45) is -2.67. The normalized spacial score (nSPS) is 17.0. The Morgan fingerprint density at radius 1 is 1.27 bits per heavy atom. The van der Waals surface area contributed by atoms with Gasteiger partial charge in [-0.25, -0.2) is 0 Å². The van der Waals surface area contributed by atoms with Gasteiger partial charge in [0.2, 0.25) is 11.8 Å². The van der Waals surface area contributed by atoms with E-state index in [4.69, 9.17) is 0 Å². The van der Waals surface area contributed by atoms with Gasteiger partial charge in [0.25, 0.3) is 0 Å². The first-order valence-electron chi connectivity index (χ1n) is 8.92. The van der Waals surface area contributed by atoms with Crippen molar-refractivity contribution in [1.82, 2.24) is 9.80 Å². The molecule has 2 rings (SSSR count). The van der Waals surface area contributed by atoms with Crippen LogP contribution < -0.4 is 0 Å². The van der Waals surface area contributed by atoms with Crippen molar-refractivity contribution < 1.29 is 22.8 Å². The molecule has 4 nitrogen and oxygen atoms in total. The Labute approximate surface area is 152 Å². The van der Waals surface area contributed by atoms with E-state index in [0.29, 0.717) is 25.8 Å². The molecule has 0 saturated carbocycles. The first kappa shape index (κ1) is 20.3. The van der Waals surface area contributed by atoms with E-state index in [1.165, 1.54) is 6.92 Å². The van der Waals surface area contributed by atoms with Gasteiger partial charge in [-0.05, 0) is 24.0 Å². The molecule has 0 N–H and O–H groups in total. The molecule has 0 bridgehead atoms. The average Bonchev–Trinajstić information content (AvgIpc) is 2.57. The van der Waals surface area contributed by atoms with Gasteiger partial charge in [-0.3, -0.25) is 9.59 Å². The molecule has 0 aliphatic carbocycles. The molecule has 1 aliphatic heterocycles. The third-order valence-electron chi connectivity index (χ3n) is 4.69. The smallest absolute Gasteiger partial charge is 0.335 e. The van der Waals surface area contributed by atoms with Crippen LogP contribution in [0.15, 0.2) is 24.3 Å². The van der Waals surface area contributed by atoms with Crippen molar-refractivity contribution in [2.45, 2.75) is 51.7 Å². The van der Waals surface area contributed by atoms with E-state index in [1.54, 1.807) is 4.90 Å². The Morgan fingerprint density at radius 2 is 1.96 bits per heavy atom. The summed E-state index contributed by atoms with van der Waals surface area (Å²) in [4.78, 5) is 27.1. The molecule has 1 aromatic rings. The molecule has 0 spiro atoms. The van der Waals surface area contributed by atoms with Gasteiger partial charge < -0.3 is 9.80 Å². The molecule has 0 radical (unpaired) electrons. The number of carbonyl (C=O) groups excluding carboxylic acids is 2. The first-order valence-corrected chi connectivity index (χ1v) is 8.92. The highest BCUT2D eigenvalue weighted by molar-refractivity contribution is 5.80. The second-order valence-electron chi connectivity index (χ2n) is 6.67. The van der Waals surface area contributed by atoms with Crippen LogP contribution in [0.2, 0.25) is 0 Å². The average molecular weight is 370 g/mol. The minimum Gasteiger partial charge on any atom is -0.335 e. The monoisotopic (exact) mass is 370 g/mol. The van der Waals surface area contributed by atoms with Crippen molar-refractivity contribution in [1.29, 1.82) is 0 Å². The molecule has 7 heteroatoms. The lowest BCUT2D eigenvalue weighted by atomic mass is 9.90. The minimum absolute atomic E-state index is 0.0727. The maximum Gasteiger partial charge on any atom is 0.406 e. The summed E-state index contributed by atoms with van der Waals surface area (Å²) in [5.74, 6) is -0.739. The van der Waals surface area contributed by atoms with Gasteiger partial charge in [0, 0.05) is 20.0 Å². The van der Waals surface area contributed by atoms with E-state index < -0.39 is 24.7 Å². The van der Waals surface area contributed by atoms with Gasteiger partial charge in [0.1, 0.15) is 6.54 Å². The quantitative estimate of drug-likeness (QED) is 0.766. The van der Waals surface area contributed by atoms with Crippen LogP contribution in [0.4, 0.5) is 13.2 Å². The number of nitrogens with zero attached hydrogens (tertiary/aromatic N) is 2. The highest BCUT2D eigenvalue weighted by Gasteiger charge is 2.36. The van der Waals surface area contributed by atoms with E-state index in [2.05, 4.69) is 0 Å². The highest BCUT2D eigenvalue weighted by atomic mass is 19.4. The number of alkyl halides is 3. The number of hydrogen-bond acceptors (Lipinski definition) is 2. The maximum atomic E-state index is 12.9. The zero-order valence-electron chi connectivity index (χ0n) is 15.2. The van der Waals surface area contributed by atoms with Crippen molar-refractivity contribution >= 4 is 11.8 Å². The zero-order chi connectivity index (χ0) is 19.3. The number of rotatable bonds is 6. The topological polar surface area (TPSA) is 40.6 Å². The second-order valence-corrected chi connectivity index (χ2v) is 6.67. The van der Waals surface area contributed by atoms with Crippen LogP contribution in [0, 0.1) is 0 Å². The summed E-state index contributed by atoms with van der Waals surface area (Å²) in [5, 5.41) is 0. The Bertz CT molecular complexity index is 646. The Morgan fingerprint density at radius 3 is 2.58 bits per heavy atom. The van der Waals surface area contributed by atoms with Crippen LogP contribution in [0.5, 0.6) is 0 Å². The largest absolute Gasteiger partial charge is 0.406 e. The Balaban J connectivity index is 2.23. The van der Waals surface area contributed by atoms with Crippen LogP contribution in [0.3, 0.4) is 0 Å². The van der Waals surface area contributed by atoms with Gasteiger partial charge in [-0.15, -0.1) is 0 Å². The number of fused-ring (bicyclic) bond motifs is 1. The molecule has 26 heavy (non-hydrogen) atoms. The molecule has 144 valence electrons. The molecule has 1 aromatic carbocycles.